The summed E-state index contributed by atoms with van der Waals surface area (Å²) < 4.78 is 0. The number of amides is 1. The molecular weight excluding hydrogens is 242 g/mol. The zero-order valence-electron chi connectivity index (χ0n) is 10.2. The van der Waals surface area contributed by atoms with Gasteiger partial charge in [0.05, 0.1) is 11.6 Å². The number of aromatic nitrogens is 3. The summed E-state index contributed by atoms with van der Waals surface area (Å²) in [5.74, 6) is 0.612. The Balaban J connectivity index is 1.54. The molecule has 0 aromatic carbocycles. The van der Waals surface area contributed by atoms with E-state index in [9.17, 15) is 4.79 Å². The third-order valence-electron chi connectivity index (χ3n) is 2.98. The molecule has 0 saturated carbocycles. The van der Waals surface area contributed by atoms with Crippen molar-refractivity contribution < 1.29 is 4.79 Å². The Kier molecular flexibility index (Phi) is 3.06. The number of nitrogens with one attached hydrogen (secondary N) is 1. The predicted molar refractivity (Wildman–Crippen MR) is 69.6 cm³/mol. The molecule has 2 aromatic heterocycles. The molecule has 3 rings (SSSR count). The van der Waals surface area contributed by atoms with Crippen LogP contribution in [0.15, 0.2) is 43.0 Å². The van der Waals surface area contributed by atoms with Gasteiger partial charge in [-0.3, -0.25) is 9.78 Å². The molecule has 1 saturated heterocycles. The molecule has 0 atom stereocenters. The maximum Gasteiger partial charge on any atom is 0.255 e. The molecule has 1 aliphatic heterocycles. The molecule has 6 heteroatoms. The molecule has 19 heavy (non-hydrogen) atoms. The van der Waals surface area contributed by atoms with Crippen LogP contribution in [0.25, 0.3) is 0 Å². The standard InChI is InChI=1S/C13H13N5O/c19-12(10-3-1-4-14-7-10)18-8-11(9-18)17-13-15-5-2-6-16-13/h1-7,11H,8-9H2,(H,15,16,17). The molecule has 6 nitrogen and oxygen atoms in total. The summed E-state index contributed by atoms with van der Waals surface area (Å²) in [6.45, 7) is 1.32. The van der Waals surface area contributed by atoms with Gasteiger partial charge in [0.25, 0.3) is 5.91 Å². The molecule has 0 aliphatic carbocycles. The van der Waals surface area contributed by atoms with E-state index in [-0.39, 0.29) is 11.9 Å². The number of anilines is 1. The Morgan fingerprint density at radius 3 is 2.68 bits per heavy atom. The number of hydrogen-bond donors (Lipinski definition) is 1. The summed E-state index contributed by atoms with van der Waals surface area (Å²) in [5, 5.41) is 3.18. The lowest BCUT2D eigenvalue weighted by molar-refractivity contribution is 0.0624. The van der Waals surface area contributed by atoms with Crippen LogP contribution < -0.4 is 5.32 Å². The van der Waals surface area contributed by atoms with Crippen LogP contribution in [0.2, 0.25) is 0 Å². The molecule has 0 radical (unpaired) electrons. The first-order chi connectivity index (χ1) is 9.33. The van der Waals surface area contributed by atoms with Crippen LogP contribution in [0.5, 0.6) is 0 Å². The summed E-state index contributed by atoms with van der Waals surface area (Å²) in [5.41, 5.74) is 0.622. The monoisotopic (exact) mass is 255 g/mol. The van der Waals surface area contributed by atoms with Gasteiger partial charge in [0, 0.05) is 37.9 Å². The SMILES string of the molecule is O=C(c1cccnc1)N1CC(Nc2ncccn2)C1. The lowest BCUT2D eigenvalue weighted by atomic mass is 10.1. The van der Waals surface area contributed by atoms with Crippen molar-refractivity contribution in [2.24, 2.45) is 0 Å². The Morgan fingerprint density at radius 2 is 2.00 bits per heavy atom. The number of pyridine rings is 1. The third-order valence-corrected chi connectivity index (χ3v) is 2.98. The fourth-order valence-electron chi connectivity index (χ4n) is 1.96. The Bertz CT molecular complexity index is 554. The van der Waals surface area contributed by atoms with Crippen LogP contribution in [-0.4, -0.2) is 44.9 Å². The van der Waals surface area contributed by atoms with Gasteiger partial charge in [-0.2, -0.15) is 0 Å². The number of hydrogen-bond acceptors (Lipinski definition) is 5. The fourth-order valence-corrected chi connectivity index (χ4v) is 1.96. The summed E-state index contributed by atoms with van der Waals surface area (Å²) >= 11 is 0. The van der Waals surface area contributed by atoms with Gasteiger partial charge in [0.15, 0.2) is 0 Å². The van der Waals surface area contributed by atoms with Crippen LogP contribution in [0.1, 0.15) is 10.4 Å². The summed E-state index contributed by atoms with van der Waals surface area (Å²) in [6.07, 6.45) is 6.62. The zero-order chi connectivity index (χ0) is 13.1. The van der Waals surface area contributed by atoms with Crippen LogP contribution in [0.3, 0.4) is 0 Å². The second kappa shape index (κ2) is 5.01. The van der Waals surface area contributed by atoms with Crippen molar-refractivity contribution >= 4 is 11.9 Å². The Labute approximate surface area is 110 Å². The maximum absolute atomic E-state index is 12.1. The minimum atomic E-state index is 0.0140. The maximum atomic E-state index is 12.1. The average molecular weight is 255 g/mol. The number of rotatable bonds is 3. The van der Waals surface area contributed by atoms with E-state index in [0.29, 0.717) is 24.6 Å². The first-order valence-electron chi connectivity index (χ1n) is 6.06. The van der Waals surface area contributed by atoms with E-state index < -0.39 is 0 Å². The number of nitrogens with zero attached hydrogens (tertiary/aromatic N) is 4. The van der Waals surface area contributed by atoms with Gasteiger partial charge < -0.3 is 10.2 Å². The van der Waals surface area contributed by atoms with Crippen LogP contribution in [-0.2, 0) is 0 Å². The molecule has 1 amide bonds. The highest BCUT2D eigenvalue weighted by Gasteiger charge is 2.31. The van der Waals surface area contributed by atoms with Crippen molar-refractivity contribution in [3.63, 3.8) is 0 Å². The lowest BCUT2D eigenvalue weighted by Crippen LogP contribution is -2.57. The van der Waals surface area contributed by atoms with Crippen molar-refractivity contribution in [3.8, 4) is 0 Å². The van der Waals surface area contributed by atoms with E-state index in [0.717, 1.165) is 0 Å². The van der Waals surface area contributed by atoms with Gasteiger partial charge in [-0.05, 0) is 18.2 Å². The number of carbonyl (C=O) groups is 1. The van der Waals surface area contributed by atoms with Gasteiger partial charge in [-0.1, -0.05) is 0 Å². The molecule has 1 fully saturated rings. The van der Waals surface area contributed by atoms with Crippen molar-refractivity contribution in [2.75, 3.05) is 18.4 Å². The van der Waals surface area contributed by atoms with Gasteiger partial charge in [-0.15, -0.1) is 0 Å². The topological polar surface area (TPSA) is 71.0 Å². The Hall–Kier alpha value is -2.50. The first kappa shape index (κ1) is 11.6. The predicted octanol–water partition coefficient (Wildman–Crippen LogP) is 0.808. The van der Waals surface area contributed by atoms with Crippen LogP contribution in [0, 0.1) is 0 Å². The second-order valence-corrected chi connectivity index (χ2v) is 4.37. The van der Waals surface area contributed by atoms with Gasteiger partial charge in [-0.25, -0.2) is 9.97 Å². The number of likely N-dealkylation sites (tertiary alicyclic amines) is 1. The molecule has 0 unspecified atom stereocenters. The molecule has 0 spiro atoms. The van der Waals surface area contributed by atoms with E-state index in [2.05, 4.69) is 20.3 Å². The highest BCUT2D eigenvalue weighted by molar-refractivity contribution is 5.94. The van der Waals surface area contributed by atoms with Crippen molar-refractivity contribution in [2.45, 2.75) is 6.04 Å². The number of carbonyl (C=O) groups excluding carboxylic acids is 1. The molecule has 1 aliphatic rings. The summed E-state index contributed by atoms with van der Waals surface area (Å²) in [6, 6.07) is 5.52. The van der Waals surface area contributed by atoms with E-state index in [1.54, 1.807) is 47.9 Å². The Morgan fingerprint density at radius 1 is 1.21 bits per heavy atom. The normalized spacial score (nSPS) is 14.8. The molecule has 0 bridgehead atoms. The molecule has 96 valence electrons. The van der Waals surface area contributed by atoms with E-state index >= 15 is 0 Å². The van der Waals surface area contributed by atoms with Crippen LogP contribution in [0.4, 0.5) is 5.95 Å². The van der Waals surface area contributed by atoms with E-state index in [1.165, 1.54) is 0 Å². The fraction of sp³-hybridized carbons (Fsp3) is 0.231. The molecule has 1 N–H and O–H groups in total. The van der Waals surface area contributed by atoms with E-state index in [1.807, 2.05) is 0 Å². The van der Waals surface area contributed by atoms with Gasteiger partial charge in [0.1, 0.15) is 0 Å². The van der Waals surface area contributed by atoms with Gasteiger partial charge in [0.2, 0.25) is 5.95 Å². The van der Waals surface area contributed by atoms with E-state index in [4.69, 9.17) is 0 Å². The first-order valence-corrected chi connectivity index (χ1v) is 6.06. The minimum absolute atomic E-state index is 0.0140. The van der Waals surface area contributed by atoms with Crippen molar-refractivity contribution in [1.82, 2.24) is 19.9 Å². The summed E-state index contributed by atoms with van der Waals surface area (Å²) in [7, 11) is 0. The lowest BCUT2D eigenvalue weighted by Gasteiger charge is -2.39. The highest BCUT2D eigenvalue weighted by atomic mass is 16.2. The zero-order valence-corrected chi connectivity index (χ0v) is 10.2. The van der Waals surface area contributed by atoms with Crippen molar-refractivity contribution in [1.29, 1.82) is 0 Å². The third kappa shape index (κ3) is 2.52. The molecule has 3 heterocycles. The average Bonchev–Trinajstić information content (AvgIpc) is 2.44. The summed E-state index contributed by atoms with van der Waals surface area (Å²) in [4.78, 5) is 26.0. The molecule has 2 aromatic rings. The van der Waals surface area contributed by atoms with Gasteiger partial charge >= 0.3 is 0 Å². The quantitative estimate of drug-likeness (QED) is 0.878. The minimum Gasteiger partial charge on any atom is -0.348 e. The highest BCUT2D eigenvalue weighted by Crippen LogP contribution is 2.15. The second-order valence-electron chi connectivity index (χ2n) is 4.37. The van der Waals surface area contributed by atoms with Crippen molar-refractivity contribution in [3.05, 3.63) is 48.5 Å². The smallest absolute Gasteiger partial charge is 0.255 e. The molecular formula is C13H13N5O. The van der Waals surface area contributed by atoms with Crippen LogP contribution >= 0.6 is 0 Å². The largest absolute Gasteiger partial charge is 0.348 e.